The predicted octanol–water partition coefficient (Wildman–Crippen LogP) is 2.48. The number of halogens is 1. The quantitative estimate of drug-likeness (QED) is 0.621. The van der Waals surface area contributed by atoms with Crippen molar-refractivity contribution in [3.05, 3.63) is 35.9 Å². The van der Waals surface area contributed by atoms with Crippen LogP contribution in [0, 0.1) is 11.8 Å². The normalized spacial score (nSPS) is 9.00. The zero-order valence-electron chi connectivity index (χ0n) is 10.2. The van der Waals surface area contributed by atoms with E-state index in [2.05, 4.69) is 17.2 Å². The lowest BCUT2D eigenvalue weighted by Crippen LogP contribution is -2.16. The molecule has 0 fully saturated rings. The zero-order valence-corrected chi connectivity index (χ0v) is 11.1. The average molecular weight is 254 g/mol. The molecule has 0 radical (unpaired) electrons. The highest BCUT2D eigenvalue weighted by molar-refractivity contribution is 5.85. The van der Waals surface area contributed by atoms with Crippen LogP contribution in [-0.4, -0.2) is 26.3 Å². The maximum Gasteiger partial charge on any atom is 0.0580 e. The molecule has 17 heavy (non-hydrogen) atoms. The predicted molar refractivity (Wildman–Crippen MR) is 74.5 cm³/mol. The molecule has 0 atom stereocenters. The maximum atomic E-state index is 5.23. The highest BCUT2D eigenvalue weighted by Gasteiger charge is 1.86. The Balaban J connectivity index is 0.00000256. The molecule has 0 aliphatic carbocycles. The lowest BCUT2D eigenvalue weighted by molar-refractivity contribution is 0.145. The van der Waals surface area contributed by atoms with E-state index >= 15 is 0 Å². The molecule has 0 spiro atoms. The second kappa shape index (κ2) is 11.5. The molecule has 0 saturated heterocycles. The van der Waals surface area contributed by atoms with E-state index in [0.717, 1.165) is 38.3 Å². The molecule has 0 aromatic heterocycles. The smallest absolute Gasteiger partial charge is 0.0580 e. The molecule has 0 amide bonds. The number of rotatable bonds is 6. The summed E-state index contributed by atoms with van der Waals surface area (Å²) in [6.07, 6.45) is 1.04. The Hall–Kier alpha value is -1.01. The second-order valence-electron chi connectivity index (χ2n) is 3.40. The summed E-state index contributed by atoms with van der Waals surface area (Å²) in [5.74, 6) is 6.19. The molecule has 94 valence electrons. The number of hydrogen-bond acceptors (Lipinski definition) is 2. The molecule has 3 heteroatoms. The van der Waals surface area contributed by atoms with Gasteiger partial charge in [0.05, 0.1) is 6.54 Å². The van der Waals surface area contributed by atoms with Gasteiger partial charge >= 0.3 is 0 Å². The Morgan fingerprint density at radius 3 is 2.71 bits per heavy atom. The number of nitrogens with one attached hydrogen (secondary N) is 1. The molecule has 0 bridgehead atoms. The van der Waals surface area contributed by atoms with Gasteiger partial charge in [0.2, 0.25) is 0 Å². The maximum absolute atomic E-state index is 5.23. The SMILES string of the molecule is CCOCCCNCC#Cc1ccccc1.Cl. The highest BCUT2D eigenvalue weighted by atomic mass is 35.5. The van der Waals surface area contributed by atoms with Crippen LogP contribution in [0.5, 0.6) is 0 Å². The van der Waals surface area contributed by atoms with Crippen LogP contribution >= 0.6 is 12.4 Å². The first kappa shape index (κ1) is 16.0. The van der Waals surface area contributed by atoms with Crippen LogP contribution in [0.2, 0.25) is 0 Å². The van der Waals surface area contributed by atoms with E-state index in [4.69, 9.17) is 4.74 Å². The monoisotopic (exact) mass is 253 g/mol. The molecule has 1 aromatic rings. The molecule has 1 aromatic carbocycles. The summed E-state index contributed by atoms with van der Waals surface area (Å²) in [6, 6.07) is 10.0. The van der Waals surface area contributed by atoms with Crippen molar-refractivity contribution in [2.24, 2.45) is 0 Å². The molecule has 1 N–H and O–H groups in total. The second-order valence-corrected chi connectivity index (χ2v) is 3.40. The highest BCUT2D eigenvalue weighted by Crippen LogP contribution is 1.94. The van der Waals surface area contributed by atoms with Gasteiger partial charge in [-0.25, -0.2) is 0 Å². The zero-order chi connectivity index (χ0) is 11.5. The third kappa shape index (κ3) is 8.76. The van der Waals surface area contributed by atoms with Crippen molar-refractivity contribution in [1.82, 2.24) is 5.32 Å². The van der Waals surface area contributed by atoms with Gasteiger partial charge in [0.25, 0.3) is 0 Å². The van der Waals surface area contributed by atoms with E-state index in [0.29, 0.717) is 0 Å². The summed E-state index contributed by atoms with van der Waals surface area (Å²) < 4.78 is 5.23. The molecule has 0 saturated carbocycles. The van der Waals surface area contributed by atoms with E-state index in [1.165, 1.54) is 0 Å². The molecule has 0 aliphatic heterocycles. The summed E-state index contributed by atoms with van der Waals surface area (Å²) in [6.45, 7) is 5.34. The topological polar surface area (TPSA) is 21.3 Å². The first-order valence-corrected chi connectivity index (χ1v) is 5.76. The third-order valence-electron chi connectivity index (χ3n) is 2.07. The minimum absolute atomic E-state index is 0. The molecule has 1 rings (SSSR count). The van der Waals surface area contributed by atoms with Crippen LogP contribution in [0.15, 0.2) is 30.3 Å². The van der Waals surface area contributed by atoms with Crippen molar-refractivity contribution < 1.29 is 4.74 Å². The fourth-order valence-corrected chi connectivity index (χ4v) is 1.26. The van der Waals surface area contributed by atoms with Gasteiger partial charge in [0.15, 0.2) is 0 Å². The fraction of sp³-hybridized carbons (Fsp3) is 0.429. The van der Waals surface area contributed by atoms with Crippen LogP contribution in [-0.2, 0) is 4.74 Å². The fourth-order valence-electron chi connectivity index (χ4n) is 1.26. The van der Waals surface area contributed by atoms with E-state index in [1.807, 2.05) is 37.3 Å². The Morgan fingerprint density at radius 1 is 1.24 bits per heavy atom. The van der Waals surface area contributed by atoms with Gasteiger partial charge in [-0.2, -0.15) is 0 Å². The van der Waals surface area contributed by atoms with Crippen LogP contribution in [0.1, 0.15) is 18.9 Å². The van der Waals surface area contributed by atoms with Gasteiger partial charge in [0, 0.05) is 18.8 Å². The van der Waals surface area contributed by atoms with E-state index < -0.39 is 0 Å². The molecule has 2 nitrogen and oxygen atoms in total. The minimum atomic E-state index is 0. The van der Waals surface area contributed by atoms with Crippen molar-refractivity contribution in [3.63, 3.8) is 0 Å². The van der Waals surface area contributed by atoms with Gasteiger partial charge in [-0.15, -0.1) is 12.4 Å². The summed E-state index contributed by atoms with van der Waals surface area (Å²) >= 11 is 0. The average Bonchev–Trinajstić information content (AvgIpc) is 2.34. The van der Waals surface area contributed by atoms with E-state index in [1.54, 1.807) is 0 Å². The molecular formula is C14H20ClNO. The summed E-state index contributed by atoms with van der Waals surface area (Å²) in [7, 11) is 0. The van der Waals surface area contributed by atoms with Gasteiger partial charge in [-0.05, 0) is 32.0 Å². The van der Waals surface area contributed by atoms with E-state index in [9.17, 15) is 0 Å². The lowest BCUT2D eigenvalue weighted by Gasteiger charge is -2.00. The summed E-state index contributed by atoms with van der Waals surface area (Å²) in [5, 5.41) is 3.26. The Morgan fingerprint density at radius 2 is 2.00 bits per heavy atom. The number of benzene rings is 1. The first-order valence-electron chi connectivity index (χ1n) is 5.76. The number of ether oxygens (including phenoxy) is 1. The molecule has 0 heterocycles. The van der Waals surface area contributed by atoms with Crippen molar-refractivity contribution >= 4 is 12.4 Å². The summed E-state index contributed by atoms with van der Waals surface area (Å²) in [4.78, 5) is 0. The number of hydrogen-bond donors (Lipinski definition) is 1. The third-order valence-corrected chi connectivity index (χ3v) is 2.07. The Kier molecular flexibility index (Phi) is 10.8. The van der Waals surface area contributed by atoms with Crippen LogP contribution < -0.4 is 5.32 Å². The summed E-state index contributed by atoms with van der Waals surface area (Å²) in [5.41, 5.74) is 1.07. The first-order chi connectivity index (χ1) is 7.93. The van der Waals surface area contributed by atoms with Gasteiger partial charge in [0.1, 0.15) is 0 Å². The van der Waals surface area contributed by atoms with Crippen molar-refractivity contribution in [3.8, 4) is 11.8 Å². The minimum Gasteiger partial charge on any atom is -0.382 e. The molecule has 0 aliphatic rings. The van der Waals surface area contributed by atoms with Crippen molar-refractivity contribution in [1.29, 1.82) is 0 Å². The van der Waals surface area contributed by atoms with Crippen LogP contribution in [0.3, 0.4) is 0 Å². The Labute approximate surface area is 110 Å². The largest absolute Gasteiger partial charge is 0.382 e. The van der Waals surface area contributed by atoms with Gasteiger partial charge in [-0.1, -0.05) is 30.0 Å². The van der Waals surface area contributed by atoms with Crippen LogP contribution in [0.25, 0.3) is 0 Å². The van der Waals surface area contributed by atoms with Gasteiger partial charge in [-0.3, -0.25) is 0 Å². The van der Waals surface area contributed by atoms with E-state index in [-0.39, 0.29) is 12.4 Å². The Bertz CT molecular complexity index is 329. The van der Waals surface area contributed by atoms with Gasteiger partial charge < -0.3 is 10.1 Å². The molecular weight excluding hydrogens is 234 g/mol. The van der Waals surface area contributed by atoms with Crippen LogP contribution in [0.4, 0.5) is 0 Å². The molecule has 0 unspecified atom stereocenters. The standard InChI is InChI=1S/C14H19NO.ClH/c1-2-16-13-7-12-15-11-6-10-14-8-4-3-5-9-14;/h3-5,8-9,15H,2,7,11-13H2,1H3;1H. The van der Waals surface area contributed by atoms with Crippen molar-refractivity contribution in [2.75, 3.05) is 26.3 Å². The van der Waals surface area contributed by atoms with Crippen molar-refractivity contribution in [2.45, 2.75) is 13.3 Å². The lowest BCUT2D eigenvalue weighted by atomic mass is 10.2.